The normalized spacial score (nSPS) is 17.4. The third kappa shape index (κ3) is 10.3. The molecule has 0 aromatic heterocycles. The molecule has 0 unspecified atom stereocenters. The molecule has 4 amide bonds. The summed E-state index contributed by atoms with van der Waals surface area (Å²) >= 11 is 0. The van der Waals surface area contributed by atoms with Gasteiger partial charge in [0.1, 0.15) is 28.9 Å². The second-order valence-electron chi connectivity index (χ2n) is 11.4. The molecule has 2 aliphatic carbocycles. The highest BCUT2D eigenvalue weighted by atomic mass is 16.4. The van der Waals surface area contributed by atoms with Crippen molar-refractivity contribution in [3.05, 3.63) is 0 Å². The van der Waals surface area contributed by atoms with E-state index >= 15 is 0 Å². The second-order valence-corrected chi connectivity index (χ2v) is 11.4. The van der Waals surface area contributed by atoms with Gasteiger partial charge in [0.25, 0.3) is 0 Å². The minimum Gasteiger partial charge on any atom is -0.481 e. The van der Waals surface area contributed by atoms with Gasteiger partial charge in [0.05, 0.1) is 16.7 Å². The number of rotatable bonds is 18. The predicted molar refractivity (Wildman–Crippen MR) is 152 cm³/mol. The van der Waals surface area contributed by atoms with Gasteiger partial charge in [-0.2, -0.15) is 0 Å². The van der Waals surface area contributed by atoms with Crippen molar-refractivity contribution in [1.82, 2.24) is 10.6 Å². The molecule has 2 saturated carbocycles. The Morgan fingerprint density at radius 1 is 0.667 bits per heavy atom. The van der Waals surface area contributed by atoms with Gasteiger partial charge in [0.15, 0.2) is 0 Å². The van der Waals surface area contributed by atoms with E-state index in [4.69, 9.17) is 11.5 Å². The molecule has 0 aromatic rings. The van der Waals surface area contributed by atoms with Crippen LogP contribution < -0.4 is 22.1 Å². The van der Waals surface area contributed by atoms with Crippen LogP contribution in [-0.4, -0.2) is 65.1 Å². The number of carboxylic acids is 1. The van der Waals surface area contributed by atoms with Crippen LogP contribution in [0.3, 0.4) is 0 Å². The first kappa shape index (κ1) is 36.4. The number of nitrogens with two attached hydrogens (primary N) is 2. The molecule has 0 bridgehead atoms. The van der Waals surface area contributed by atoms with Crippen LogP contribution in [0.4, 0.5) is 9.59 Å². The maximum absolute atomic E-state index is 12.4. The fourth-order valence-corrected chi connectivity index (χ4v) is 5.44. The Morgan fingerprint density at radius 3 is 1.29 bits per heavy atom. The number of Topliss-reactive ketones (excluding diaryl/α,β-unsaturated/α-hetero) is 5. The summed E-state index contributed by atoms with van der Waals surface area (Å²) < 4.78 is 0. The second kappa shape index (κ2) is 16.7. The molecule has 0 aromatic carbocycles. The predicted octanol–water partition coefficient (Wildman–Crippen LogP) is 2.21. The number of nitrogens with one attached hydrogen (secondary N) is 2. The first-order valence-electron chi connectivity index (χ1n) is 14.5. The summed E-state index contributed by atoms with van der Waals surface area (Å²) in [5, 5.41) is 14.0. The molecule has 2 atom stereocenters. The Hall–Kier alpha value is -3.64. The van der Waals surface area contributed by atoms with Crippen molar-refractivity contribution in [3.8, 4) is 0 Å². The summed E-state index contributed by atoms with van der Waals surface area (Å²) in [5.41, 5.74) is 8.09. The number of carboxylic acid groups (broad SMARTS) is 1. The molecule has 0 spiro atoms. The fourth-order valence-electron chi connectivity index (χ4n) is 5.44. The number of hydrogen-bond donors (Lipinski definition) is 5. The molecule has 13 heteroatoms. The van der Waals surface area contributed by atoms with E-state index in [0.717, 1.165) is 12.8 Å². The van der Waals surface area contributed by atoms with Crippen LogP contribution in [0.25, 0.3) is 0 Å². The number of primary amides is 2. The molecule has 2 rings (SSSR count). The van der Waals surface area contributed by atoms with Gasteiger partial charge in [-0.25, -0.2) is 9.59 Å². The van der Waals surface area contributed by atoms with Crippen LogP contribution >= 0.6 is 0 Å². The Morgan fingerprint density at radius 2 is 1.02 bits per heavy atom. The summed E-state index contributed by atoms with van der Waals surface area (Å²) in [6, 6.07) is -1.27. The van der Waals surface area contributed by atoms with Crippen LogP contribution in [0, 0.1) is 22.7 Å². The number of ketones is 5. The lowest BCUT2D eigenvalue weighted by molar-refractivity contribution is -0.151. The minimum absolute atomic E-state index is 0.0551. The van der Waals surface area contributed by atoms with Gasteiger partial charge in [0.2, 0.25) is 0 Å². The standard InChI is InChI=1S/C15H24N2O4.C14H22N2O5/c1-10(18)12(5-3-8-17-14(16)21)9-13(20)15(11(2)19)6-4-7-15;1-9(17)14(5-3-6-14)11(18)8-10(12(19)20)4-2-7-16-13(15)21/h12H,3-9H2,1-2H3,(H3,16,17,21);10H,2-8H2,1H3,(H,19,20)(H3,15,16,21)/t12-;10-/m11/s1. The highest BCUT2D eigenvalue weighted by Gasteiger charge is 2.49. The quantitative estimate of drug-likeness (QED) is 0.115. The van der Waals surface area contributed by atoms with Crippen LogP contribution in [0.15, 0.2) is 0 Å². The van der Waals surface area contributed by atoms with Gasteiger partial charge in [-0.05, 0) is 72.1 Å². The van der Waals surface area contributed by atoms with E-state index < -0.39 is 34.8 Å². The molecule has 7 N–H and O–H groups in total. The van der Waals surface area contributed by atoms with Crippen LogP contribution in [-0.2, 0) is 28.8 Å². The van der Waals surface area contributed by atoms with E-state index in [-0.39, 0.29) is 60.6 Å². The number of hydrogen-bond acceptors (Lipinski definition) is 8. The van der Waals surface area contributed by atoms with E-state index in [1.54, 1.807) is 0 Å². The summed E-state index contributed by atoms with van der Waals surface area (Å²) in [6.45, 7) is 4.96. The van der Waals surface area contributed by atoms with Crippen molar-refractivity contribution in [3.63, 3.8) is 0 Å². The SMILES string of the molecule is CC(=O)C1(C(=O)C[C@@H](CCCNC(N)=O)C(=O)O)CCC1.CC(=O)[C@H](CCCNC(N)=O)CC(=O)C1(C(C)=O)CCC1. The molecule has 0 heterocycles. The number of aliphatic carboxylic acids is 1. The zero-order valence-electron chi connectivity index (χ0n) is 24.9. The first-order chi connectivity index (χ1) is 19.6. The fraction of sp³-hybridized carbons (Fsp3) is 0.724. The average Bonchev–Trinajstić information content (AvgIpc) is 2.80. The summed E-state index contributed by atoms with van der Waals surface area (Å²) in [4.78, 5) is 92.0. The maximum atomic E-state index is 12.4. The van der Waals surface area contributed by atoms with Gasteiger partial charge in [0, 0.05) is 31.8 Å². The Bertz CT molecular complexity index is 966. The first-order valence-corrected chi connectivity index (χ1v) is 14.5. The maximum Gasteiger partial charge on any atom is 0.312 e. The van der Waals surface area contributed by atoms with Gasteiger partial charge in [-0.15, -0.1) is 0 Å². The largest absolute Gasteiger partial charge is 0.481 e. The monoisotopic (exact) mass is 594 g/mol. The van der Waals surface area contributed by atoms with Crippen molar-refractivity contribution in [2.24, 2.45) is 34.1 Å². The molecule has 2 aliphatic rings. The number of amides is 4. The molecule has 0 radical (unpaired) electrons. The third-order valence-electron chi connectivity index (χ3n) is 8.67. The van der Waals surface area contributed by atoms with Crippen molar-refractivity contribution in [2.45, 2.75) is 97.8 Å². The smallest absolute Gasteiger partial charge is 0.312 e. The van der Waals surface area contributed by atoms with Crippen molar-refractivity contribution < 1.29 is 43.5 Å². The summed E-state index contributed by atoms with van der Waals surface area (Å²) in [6.07, 6.45) is 5.72. The number of carbonyl (C=O) groups is 8. The van der Waals surface area contributed by atoms with Gasteiger partial charge in [-0.3, -0.25) is 28.8 Å². The van der Waals surface area contributed by atoms with Gasteiger partial charge >= 0.3 is 18.0 Å². The molecule has 236 valence electrons. The lowest BCUT2D eigenvalue weighted by atomic mass is 9.62. The van der Waals surface area contributed by atoms with Gasteiger partial charge < -0.3 is 27.2 Å². The van der Waals surface area contributed by atoms with Gasteiger partial charge in [-0.1, -0.05) is 12.8 Å². The van der Waals surface area contributed by atoms with Crippen LogP contribution in [0.1, 0.15) is 97.8 Å². The van der Waals surface area contributed by atoms with E-state index in [9.17, 15) is 43.5 Å². The Balaban J connectivity index is 0.000000420. The van der Waals surface area contributed by atoms with E-state index in [2.05, 4.69) is 10.6 Å². The van der Waals surface area contributed by atoms with E-state index in [1.165, 1.54) is 20.8 Å². The number of urea groups is 2. The van der Waals surface area contributed by atoms with Crippen molar-refractivity contribution >= 4 is 46.9 Å². The van der Waals surface area contributed by atoms with E-state index in [0.29, 0.717) is 51.5 Å². The summed E-state index contributed by atoms with van der Waals surface area (Å²) in [5.74, 6) is -2.95. The zero-order valence-corrected chi connectivity index (χ0v) is 24.9. The molecule has 0 saturated heterocycles. The Labute approximate surface area is 246 Å². The minimum atomic E-state index is -1.06. The van der Waals surface area contributed by atoms with Crippen molar-refractivity contribution in [1.29, 1.82) is 0 Å². The molecule has 0 aliphatic heterocycles. The molecule has 42 heavy (non-hydrogen) atoms. The van der Waals surface area contributed by atoms with Crippen LogP contribution in [0.2, 0.25) is 0 Å². The zero-order chi connectivity index (χ0) is 32.1. The molecular weight excluding hydrogens is 548 g/mol. The topological polar surface area (TPSA) is 233 Å². The molecular formula is C29H46N4O9. The van der Waals surface area contributed by atoms with Crippen molar-refractivity contribution in [2.75, 3.05) is 13.1 Å². The average molecular weight is 595 g/mol. The Kier molecular flexibility index (Phi) is 14.5. The lowest BCUT2D eigenvalue weighted by Gasteiger charge is -2.38. The highest BCUT2D eigenvalue weighted by Crippen LogP contribution is 2.45. The van der Waals surface area contributed by atoms with E-state index in [1.807, 2.05) is 0 Å². The van der Waals surface area contributed by atoms with Crippen LogP contribution in [0.5, 0.6) is 0 Å². The lowest BCUT2D eigenvalue weighted by Crippen LogP contribution is -2.45. The number of carbonyl (C=O) groups excluding carboxylic acids is 7. The highest BCUT2D eigenvalue weighted by molar-refractivity contribution is 6.08. The third-order valence-corrected chi connectivity index (χ3v) is 8.67. The summed E-state index contributed by atoms with van der Waals surface area (Å²) in [7, 11) is 0. The molecule has 13 nitrogen and oxygen atoms in total. The molecule has 2 fully saturated rings.